The Morgan fingerprint density at radius 3 is 2.56 bits per heavy atom. The highest BCUT2D eigenvalue weighted by Gasteiger charge is 2.44. The number of methoxy groups -OCH3 is 1. The number of hydrogen-bond donors (Lipinski definition) is 0. The summed E-state index contributed by atoms with van der Waals surface area (Å²) in [6.45, 7) is 3.77. The zero-order valence-corrected chi connectivity index (χ0v) is 20.2. The van der Waals surface area contributed by atoms with Gasteiger partial charge in [-0.05, 0) is 74.6 Å². The summed E-state index contributed by atoms with van der Waals surface area (Å²) in [5.74, 6) is -3.71. The molecule has 0 radical (unpaired) electrons. The van der Waals surface area contributed by atoms with E-state index < -0.39 is 23.5 Å². The summed E-state index contributed by atoms with van der Waals surface area (Å²) in [6, 6.07) is 6.60. The van der Waals surface area contributed by atoms with E-state index in [9.17, 15) is 18.0 Å². The van der Waals surface area contributed by atoms with Gasteiger partial charge in [0.2, 0.25) is 0 Å². The van der Waals surface area contributed by atoms with Gasteiger partial charge in [-0.1, -0.05) is 6.07 Å². The van der Waals surface area contributed by atoms with Crippen LogP contribution in [0.5, 0.6) is 5.75 Å². The fraction of sp³-hybridized carbons (Fsp3) is 0.333. The molecule has 36 heavy (non-hydrogen) atoms. The molecule has 2 aromatic carbocycles. The van der Waals surface area contributed by atoms with Crippen LogP contribution in [0.2, 0.25) is 0 Å². The molecule has 0 spiro atoms. The maximum absolute atomic E-state index is 14.0. The molecule has 2 unspecified atom stereocenters. The number of carbonyl (C=O) groups excluding carboxylic acids is 1. The third-order valence-electron chi connectivity index (χ3n) is 6.85. The average Bonchev–Trinajstić information content (AvgIpc) is 3.30. The van der Waals surface area contributed by atoms with Crippen LogP contribution in [0.4, 0.5) is 13.2 Å². The molecule has 1 aromatic heterocycles. The second kappa shape index (κ2) is 9.37. The Balaban J connectivity index is 1.49. The van der Waals surface area contributed by atoms with E-state index in [0.717, 1.165) is 29.9 Å². The van der Waals surface area contributed by atoms with Crippen molar-refractivity contribution in [2.45, 2.75) is 51.3 Å². The zero-order chi connectivity index (χ0) is 25.6. The number of ether oxygens (including phenoxy) is 2. The molecule has 2 saturated heterocycles. The molecule has 3 aromatic rings. The minimum Gasteiger partial charge on any atom is -0.495 e. The molecule has 0 aliphatic carbocycles. The van der Waals surface area contributed by atoms with Gasteiger partial charge in [0.15, 0.2) is 23.2 Å². The third kappa shape index (κ3) is 4.23. The number of nitrogens with zero attached hydrogens (tertiary/aromatic N) is 3. The van der Waals surface area contributed by atoms with Gasteiger partial charge < -0.3 is 18.9 Å². The van der Waals surface area contributed by atoms with Gasteiger partial charge in [0, 0.05) is 6.20 Å². The number of halogens is 3. The number of benzene rings is 2. The van der Waals surface area contributed by atoms with Crippen molar-refractivity contribution in [1.29, 1.82) is 0 Å². The van der Waals surface area contributed by atoms with Crippen molar-refractivity contribution in [1.82, 2.24) is 14.5 Å². The molecular weight excluding hydrogens is 471 g/mol. The second-order valence-electron chi connectivity index (χ2n) is 9.21. The quantitative estimate of drug-likeness (QED) is 0.354. The summed E-state index contributed by atoms with van der Waals surface area (Å²) >= 11 is 0. The highest BCUT2D eigenvalue weighted by molar-refractivity contribution is 5.97. The van der Waals surface area contributed by atoms with Gasteiger partial charge in [0.1, 0.15) is 11.9 Å². The maximum Gasteiger partial charge on any atom is 0.289 e. The van der Waals surface area contributed by atoms with E-state index in [4.69, 9.17) is 9.47 Å². The number of aryl methyl sites for hydroxylation is 1. The third-order valence-corrected chi connectivity index (χ3v) is 6.85. The molecule has 0 saturated carbocycles. The van der Waals surface area contributed by atoms with E-state index in [-0.39, 0.29) is 29.4 Å². The smallest absolute Gasteiger partial charge is 0.289 e. The van der Waals surface area contributed by atoms with Gasteiger partial charge >= 0.3 is 0 Å². The van der Waals surface area contributed by atoms with Crippen LogP contribution in [0.25, 0.3) is 11.8 Å². The van der Waals surface area contributed by atoms with Crippen LogP contribution < -0.4 is 4.74 Å². The Bertz CT molecular complexity index is 1330. The minimum absolute atomic E-state index is 0.127. The molecule has 0 N–H and O–H groups in total. The number of morpholine rings is 1. The van der Waals surface area contributed by atoms with Crippen molar-refractivity contribution in [3.05, 3.63) is 82.9 Å². The van der Waals surface area contributed by atoms with Crippen molar-refractivity contribution in [3.8, 4) is 11.4 Å². The predicted molar refractivity (Wildman–Crippen MR) is 127 cm³/mol. The topological polar surface area (TPSA) is 56.6 Å². The monoisotopic (exact) mass is 497 g/mol. The molecule has 3 heterocycles. The summed E-state index contributed by atoms with van der Waals surface area (Å²) in [4.78, 5) is 19.5. The molecule has 3 atom stereocenters. The Morgan fingerprint density at radius 1 is 1.14 bits per heavy atom. The number of carbonyl (C=O) groups is 1. The predicted octanol–water partition coefficient (Wildman–Crippen LogP) is 5.49. The van der Waals surface area contributed by atoms with Crippen molar-refractivity contribution in [2.24, 2.45) is 0 Å². The molecule has 5 rings (SSSR count). The highest BCUT2D eigenvalue weighted by atomic mass is 19.2. The lowest BCUT2D eigenvalue weighted by Gasteiger charge is -2.48. The maximum atomic E-state index is 14.0. The lowest BCUT2D eigenvalue weighted by molar-refractivity contribution is -0.153. The Hall–Kier alpha value is -3.75. The molecular formula is C27H26F3N3O3. The largest absolute Gasteiger partial charge is 0.495 e. The number of fused-ring (bicyclic) bond motifs is 1. The van der Waals surface area contributed by atoms with Crippen LogP contribution in [0, 0.1) is 24.4 Å². The lowest BCUT2D eigenvalue weighted by Crippen LogP contribution is -2.55. The summed E-state index contributed by atoms with van der Waals surface area (Å²) in [7, 11) is 1.56. The number of piperidine rings is 1. The van der Waals surface area contributed by atoms with Crippen LogP contribution in [0.15, 0.2) is 48.6 Å². The van der Waals surface area contributed by atoms with E-state index in [2.05, 4.69) is 4.98 Å². The van der Waals surface area contributed by atoms with Crippen LogP contribution in [0.1, 0.15) is 49.0 Å². The van der Waals surface area contributed by atoms with Crippen molar-refractivity contribution >= 4 is 12.0 Å². The molecule has 9 heteroatoms. The molecule has 6 nitrogen and oxygen atoms in total. The van der Waals surface area contributed by atoms with Gasteiger partial charge in [-0.25, -0.2) is 18.2 Å². The summed E-state index contributed by atoms with van der Waals surface area (Å²) in [5, 5.41) is 0. The van der Waals surface area contributed by atoms with Crippen LogP contribution in [0.3, 0.4) is 0 Å². The second-order valence-corrected chi connectivity index (χ2v) is 9.21. The van der Waals surface area contributed by atoms with E-state index in [1.807, 2.05) is 36.7 Å². The normalized spacial score (nSPS) is 22.9. The fourth-order valence-corrected chi connectivity index (χ4v) is 5.13. The van der Waals surface area contributed by atoms with E-state index in [1.165, 1.54) is 0 Å². The Kier molecular flexibility index (Phi) is 6.24. The molecule has 2 aliphatic rings. The highest BCUT2D eigenvalue weighted by Crippen LogP contribution is 2.41. The van der Waals surface area contributed by atoms with E-state index in [1.54, 1.807) is 30.5 Å². The number of imidazole rings is 1. The van der Waals surface area contributed by atoms with Crippen molar-refractivity contribution in [2.75, 3.05) is 7.11 Å². The van der Waals surface area contributed by atoms with Gasteiger partial charge in [0.05, 0.1) is 36.9 Å². The summed E-state index contributed by atoms with van der Waals surface area (Å²) in [5.41, 5.74) is 2.58. The molecule has 1 amide bonds. The number of aromatic nitrogens is 2. The van der Waals surface area contributed by atoms with Crippen LogP contribution >= 0.6 is 0 Å². The SMILES string of the molecule is COc1cc(/C=C2/OC(C)[C@H]3CCCC(c4cc(F)c(F)c(F)c4)N3C2=O)ccc1-n1cnc(C)c1. The first kappa shape index (κ1) is 24.0. The molecule has 188 valence electrons. The molecule has 0 bridgehead atoms. The molecule has 2 aliphatic heterocycles. The number of amides is 1. The van der Waals surface area contributed by atoms with Gasteiger partial charge in [-0.3, -0.25) is 4.79 Å². The minimum atomic E-state index is -1.52. The summed E-state index contributed by atoms with van der Waals surface area (Å²) in [6.07, 6.45) is 6.84. The summed E-state index contributed by atoms with van der Waals surface area (Å²) < 4.78 is 55.0. The zero-order valence-electron chi connectivity index (χ0n) is 20.2. The van der Waals surface area contributed by atoms with Crippen molar-refractivity contribution in [3.63, 3.8) is 0 Å². The lowest BCUT2D eigenvalue weighted by atomic mass is 9.87. The first-order valence-electron chi connectivity index (χ1n) is 11.8. The Labute approximate surface area is 207 Å². The van der Waals surface area contributed by atoms with E-state index in [0.29, 0.717) is 24.2 Å². The van der Waals surface area contributed by atoms with Gasteiger partial charge in [-0.15, -0.1) is 0 Å². The van der Waals surface area contributed by atoms with Gasteiger partial charge in [0.25, 0.3) is 5.91 Å². The number of hydrogen-bond acceptors (Lipinski definition) is 4. The van der Waals surface area contributed by atoms with Crippen LogP contribution in [-0.2, 0) is 9.53 Å². The first-order valence-corrected chi connectivity index (χ1v) is 11.8. The Morgan fingerprint density at radius 2 is 1.89 bits per heavy atom. The van der Waals surface area contributed by atoms with Crippen LogP contribution in [-0.4, -0.2) is 39.6 Å². The van der Waals surface area contributed by atoms with E-state index >= 15 is 0 Å². The standard InChI is InChI=1S/C27H26F3N3O3/c1-15-13-32(14-31-15)23-8-7-17(9-24(23)35-3)10-25-27(34)33-21(16(2)36-25)5-4-6-22(33)18-11-19(28)26(30)20(29)12-18/h7-14,16,21-22H,4-6H2,1-3H3/b25-10+/t16?,21-,22?/m1/s1. The fourth-order valence-electron chi connectivity index (χ4n) is 5.13. The average molecular weight is 498 g/mol. The van der Waals surface area contributed by atoms with Gasteiger partial charge in [-0.2, -0.15) is 0 Å². The molecule has 2 fully saturated rings. The number of rotatable bonds is 4. The first-order chi connectivity index (χ1) is 17.3. The van der Waals surface area contributed by atoms with Crippen molar-refractivity contribution < 1.29 is 27.4 Å².